The fraction of sp³-hybridized carbons (Fsp3) is 0.818. The van der Waals surface area contributed by atoms with Gasteiger partial charge >= 0.3 is 0 Å². The molecule has 1 aliphatic carbocycles. The lowest BCUT2D eigenvalue weighted by atomic mass is 9.83. The Balaban J connectivity index is 2.88. The molecule has 0 aromatic rings. The first-order valence-electron chi connectivity index (χ1n) is 5.85. The van der Waals surface area contributed by atoms with Crippen molar-refractivity contribution in [3.8, 4) is 0 Å². The Morgan fingerprint density at radius 1 is 1.53 bits per heavy atom. The van der Waals surface area contributed by atoms with Crippen LogP contribution in [0.25, 0.3) is 0 Å². The number of hydrogen-bond acceptors (Lipinski definition) is 4. The molecule has 1 fully saturated rings. The van der Waals surface area contributed by atoms with Crippen molar-refractivity contribution in [3.05, 3.63) is 0 Å². The molecule has 17 heavy (non-hydrogen) atoms. The number of nitrogens with two attached hydrogens (primary N) is 1. The van der Waals surface area contributed by atoms with Crippen LogP contribution in [-0.4, -0.2) is 46.7 Å². The van der Waals surface area contributed by atoms with E-state index < -0.39 is 11.5 Å². The number of amides is 1. The number of nitrogens with zero attached hydrogens (tertiary/aromatic N) is 2. The molecule has 1 amide bonds. The number of aliphatic hydroxyl groups excluding tert-OH is 1. The standard InChI is InChI=1S/C11H21N3O3/c1-8(15)7-14(2)10(16)11(9(12)13-17)5-3-4-6-11/h8,15,17H,3-7H2,1-2H3,(H2,12,13). The molecule has 0 aromatic heterocycles. The molecule has 1 rings (SSSR count). The van der Waals surface area contributed by atoms with Gasteiger partial charge < -0.3 is 20.9 Å². The number of oxime groups is 1. The van der Waals surface area contributed by atoms with Crippen LogP contribution in [-0.2, 0) is 4.79 Å². The van der Waals surface area contributed by atoms with E-state index in [1.165, 1.54) is 4.90 Å². The van der Waals surface area contributed by atoms with Crippen LogP contribution in [0.5, 0.6) is 0 Å². The van der Waals surface area contributed by atoms with Crippen LogP contribution >= 0.6 is 0 Å². The molecule has 6 heteroatoms. The second kappa shape index (κ2) is 5.35. The van der Waals surface area contributed by atoms with Crippen LogP contribution in [0.1, 0.15) is 32.6 Å². The van der Waals surface area contributed by atoms with Crippen LogP contribution < -0.4 is 5.73 Å². The van der Waals surface area contributed by atoms with Crippen molar-refractivity contribution in [2.24, 2.45) is 16.3 Å². The quantitative estimate of drug-likeness (QED) is 0.283. The van der Waals surface area contributed by atoms with E-state index >= 15 is 0 Å². The minimum Gasteiger partial charge on any atom is -0.409 e. The average Bonchev–Trinajstić information content (AvgIpc) is 2.76. The van der Waals surface area contributed by atoms with Crippen LogP contribution in [0.15, 0.2) is 5.16 Å². The molecule has 98 valence electrons. The molecule has 1 aliphatic rings. The molecule has 0 radical (unpaired) electrons. The summed E-state index contributed by atoms with van der Waals surface area (Å²) in [6.45, 7) is 1.87. The molecule has 0 saturated heterocycles. The van der Waals surface area contributed by atoms with Gasteiger partial charge in [-0.1, -0.05) is 18.0 Å². The van der Waals surface area contributed by atoms with E-state index in [0.29, 0.717) is 12.8 Å². The highest BCUT2D eigenvalue weighted by atomic mass is 16.4. The van der Waals surface area contributed by atoms with Crippen LogP contribution in [0.2, 0.25) is 0 Å². The number of hydrogen-bond donors (Lipinski definition) is 3. The Bertz CT molecular complexity index is 309. The van der Waals surface area contributed by atoms with Gasteiger partial charge in [0.05, 0.1) is 6.10 Å². The highest BCUT2D eigenvalue weighted by Gasteiger charge is 2.46. The molecule has 1 saturated carbocycles. The summed E-state index contributed by atoms with van der Waals surface area (Å²) in [4.78, 5) is 13.8. The second-order valence-electron chi connectivity index (χ2n) is 4.81. The zero-order valence-corrected chi connectivity index (χ0v) is 10.4. The van der Waals surface area contributed by atoms with Gasteiger partial charge in [-0.05, 0) is 19.8 Å². The van der Waals surface area contributed by atoms with Gasteiger partial charge in [-0.15, -0.1) is 0 Å². The van der Waals surface area contributed by atoms with Gasteiger partial charge in [0, 0.05) is 13.6 Å². The molecule has 6 nitrogen and oxygen atoms in total. The van der Waals surface area contributed by atoms with E-state index in [2.05, 4.69) is 5.16 Å². The zero-order valence-electron chi connectivity index (χ0n) is 10.4. The molecular formula is C11H21N3O3. The summed E-state index contributed by atoms with van der Waals surface area (Å²) in [6, 6.07) is 0. The van der Waals surface area contributed by atoms with Crippen molar-refractivity contribution in [2.45, 2.75) is 38.7 Å². The molecule has 1 unspecified atom stereocenters. The SMILES string of the molecule is CC(O)CN(C)C(=O)C1(C(N)=NO)CCCC1. The maximum absolute atomic E-state index is 12.3. The van der Waals surface area contributed by atoms with Gasteiger partial charge in [-0.3, -0.25) is 4.79 Å². The molecule has 0 bridgehead atoms. The lowest BCUT2D eigenvalue weighted by molar-refractivity contribution is -0.138. The molecule has 4 N–H and O–H groups in total. The average molecular weight is 243 g/mol. The van der Waals surface area contributed by atoms with Crippen LogP contribution in [0.3, 0.4) is 0 Å². The van der Waals surface area contributed by atoms with Crippen molar-refractivity contribution in [1.82, 2.24) is 4.90 Å². The van der Waals surface area contributed by atoms with E-state index in [-0.39, 0.29) is 18.3 Å². The van der Waals surface area contributed by atoms with E-state index in [9.17, 15) is 9.90 Å². The van der Waals surface area contributed by atoms with Crippen LogP contribution in [0, 0.1) is 5.41 Å². The summed E-state index contributed by atoms with van der Waals surface area (Å²) < 4.78 is 0. The molecule has 0 aliphatic heterocycles. The first-order chi connectivity index (χ1) is 7.94. The summed E-state index contributed by atoms with van der Waals surface area (Å²) in [5.74, 6) is -0.191. The Morgan fingerprint density at radius 3 is 2.47 bits per heavy atom. The van der Waals surface area contributed by atoms with Gasteiger partial charge in [0.15, 0.2) is 5.84 Å². The normalized spacial score (nSPS) is 21.2. The van der Waals surface area contributed by atoms with Crippen molar-refractivity contribution >= 4 is 11.7 Å². The summed E-state index contributed by atoms with van der Waals surface area (Å²) >= 11 is 0. The van der Waals surface area contributed by atoms with E-state index in [1.807, 2.05) is 0 Å². The molecule has 1 atom stereocenters. The first-order valence-corrected chi connectivity index (χ1v) is 5.85. The fourth-order valence-corrected chi connectivity index (χ4v) is 2.50. The number of rotatable bonds is 4. The Labute approximate surface area is 101 Å². The van der Waals surface area contributed by atoms with Crippen LogP contribution in [0.4, 0.5) is 0 Å². The number of carbonyl (C=O) groups is 1. The predicted octanol–water partition coefficient (Wildman–Crippen LogP) is 0.132. The van der Waals surface area contributed by atoms with Gasteiger partial charge in [0.1, 0.15) is 5.41 Å². The Hall–Kier alpha value is -1.30. The van der Waals surface area contributed by atoms with Gasteiger partial charge in [-0.2, -0.15) is 0 Å². The van der Waals surface area contributed by atoms with Gasteiger partial charge in [-0.25, -0.2) is 0 Å². The maximum atomic E-state index is 12.3. The minimum atomic E-state index is -0.877. The van der Waals surface area contributed by atoms with Gasteiger partial charge in [0.25, 0.3) is 0 Å². The summed E-state index contributed by atoms with van der Waals surface area (Å²) in [5, 5.41) is 21.1. The second-order valence-corrected chi connectivity index (χ2v) is 4.81. The number of aliphatic hydroxyl groups is 1. The van der Waals surface area contributed by atoms with Crippen molar-refractivity contribution in [1.29, 1.82) is 0 Å². The van der Waals surface area contributed by atoms with E-state index in [1.54, 1.807) is 14.0 Å². The summed E-state index contributed by atoms with van der Waals surface area (Å²) in [5.41, 5.74) is 4.80. The van der Waals surface area contributed by atoms with E-state index in [4.69, 9.17) is 10.9 Å². The third-order valence-corrected chi connectivity index (χ3v) is 3.35. The Morgan fingerprint density at radius 2 is 2.06 bits per heavy atom. The topological polar surface area (TPSA) is 99.2 Å². The highest BCUT2D eigenvalue weighted by molar-refractivity contribution is 6.06. The van der Waals surface area contributed by atoms with Crippen molar-refractivity contribution in [2.75, 3.05) is 13.6 Å². The van der Waals surface area contributed by atoms with E-state index in [0.717, 1.165) is 12.8 Å². The third kappa shape index (κ3) is 2.69. The largest absolute Gasteiger partial charge is 0.409 e. The molecule has 0 spiro atoms. The monoisotopic (exact) mass is 243 g/mol. The lowest BCUT2D eigenvalue weighted by Crippen LogP contribution is -2.50. The summed E-state index contributed by atoms with van der Waals surface area (Å²) in [7, 11) is 1.62. The van der Waals surface area contributed by atoms with Crippen molar-refractivity contribution in [3.63, 3.8) is 0 Å². The molecule has 0 heterocycles. The lowest BCUT2D eigenvalue weighted by Gasteiger charge is -2.31. The Kier molecular flexibility index (Phi) is 4.34. The number of carbonyl (C=O) groups excluding carboxylic acids is 1. The maximum Gasteiger partial charge on any atom is 0.236 e. The van der Waals surface area contributed by atoms with Gasteiger partial charge in [0.2, 0.25) is 5.91 Å². The number of likely N-dealkylation sites (N-methyl/N-ethyl adjacent to an activating group) is 1. The highest BCUT2D eigenvalue weighted by Crippen LogP contribution is 2.39. The number of amidine groups is 1. The molecular weight excluding hydrogens is 222 g/mol. The minimum absolute atomic E-state index is 0.0163. The third-order valence-electron chi connectivity index (χ3n) is 3.35. The molecule has 0 aromatic carbocycles. The zero-order chi connectivity index (χ0) is 13.1. The van der Waals surface area contributed by atoms with Crippen molar-refractivity contribution < 1.29 is 15.1 Å². The predicted molar refractivity (Wildman–Crippen MR) is 63.6 cm³/mol. The fourth-order valence-electron chi connectivity index (χ4n) is 2.50. The summed E-state index contributed by atoms with van der Waals surface area (Å²) in [6.07, 6.45) is 2.40. The smallest absolute Gasteiger partial charge is 0.236 e. The first kappa shape index (κ1) is 13.8.